The second kappa shape index (κ2) is 5.97. The Morgan fingerprint density at radius 2 is 2.00 bits per heavy atom. The number of methoxy groups -OCH3 is 1. The number of rotatable bonds is 5. The molecule has 0 aromatic heterocycles. The standard InChI is InChI=1S/C15H17Cl2NO4/c1-9-4-5-11(21-3)10(6-9)18-12(19)7-22-13(20)14(2)8-15(14,16)17/h4-6H,7-8H2,1-3H3,(H,18,19)/t14-/m0/s1. The van der Waals surface area contributed by atoms with E-state index in [1.807, 2.05) is 13.0 Å². The highest BCUT2D eigenvalue weighted by atomic mass is 35.5. The summed E-state index contributed by atoms with van der Waals surface area (Å²) in [4.78, 5) is 23.8. The van der Waals surface area contributed by atoms with Crippen molar-refractivity contribution in [2.24, 2.45) is 5.41 Å². The highest BCUT2D eigenvalue weighted by Crippen LogP contribution is 2.64. The molecule has 7 heteroatoms. The average Bonchev–Trinajstić information content (AvgIpc) is 2.96. The van der Waals surface area contributed by atoms with Crippen LogP contribution in [0.3, 0.4) is 0 Å². The Morgan fingerprint density at radius 1 is 1.36 bits per heavy atom. The van der Waals surface area contributed by atoms with Crippen LogP contribution in [-0.2, 0) is 14.3 Å². The SMILES string of the molecule is COc1ccc(C)cc1NC(=O)COC(=O)[C@]1(C)CC1(Cl)Cl. The molecule has 1 aromatic carbocycles. The lowest BCUT2D eigenvalue weighted by atomic mass is 10.1. The number of hydrogen-bond acceptors (Lipinski definition) is 4. The Labute approximate surface area is 138 Å². The zero-order valence-corrected chi connectivity index (χ0v) is 14.0. The van der Waals surface area contributed by atoms with Gasteiger partial charge in [0.15, 0.2) is 6.61 Å². The monoisotopic (exact) mass is 345 g/mol. The van der Waals surface area contributed by atoms with Crippen molar-refractivity contribution in [1.82, 2.24) is 0 Å². The molecule has 0 aliphatic heterocycles. The quantitative estimate of drug-likeness (QED) is 0.657. The van der Waals surface area contributed by atoms with Crippen molar-refractivity contribution in [3.05, 3.63) is 23.8 Å². The molecule has 5 nitrogen and oxygen atoms in total. The zero-order valence-electron chi connectivity index (χ0n) is 12.5. The van der Waals surface area contributed by atoms with Crippen LogP contribution in [0.25, 0.3) is 0 Å². The van der Waals surface area contributed by atoms with Gasteiger partial charge < -0.3 is 14.8 Å². The molecular formula is C15H17Cl2NO4. The number of hydrogen-bond donors (Lipinski definition) is 1. The lowest BCUT2D eigenvalue weighted by Gasteiger charge is -2.13. The van der Waals surface area contributed by atoms with Crippen LogP contribution in [0.2, 0.25) is 0 Å². The number of carbonyl (C=O) groups is 2. The third-order valence-electron chi connectivity index (χ3n) is 3.67. The predicted octanol–water partition coefficient (Wildman–Crippen LogP) is 3.07. The van der Waals surface area contributed by atoms with Crippen molar-refractivity contribution >= 4 is 40.8 Å². The molecule has 2 rings (SSSR count). The summed E-state index contributed by atoms with van der Waals surface area (Å²) in [5.41, 5.74) is 0.537. The predicted molar refractivity (Wildman–Crippen MR) is 84.5 cm³/mol. The summed E-state index contributed by atoms with van der Waals surface area (Å²) in [6.45, 7) is 3.09. The van der Waals surface area contributed by atoms with Crippen LogP contribution in [-0.4, -0.2) is 29.9 Å². The summed E-state index contributed by atoms with van der Waals surface area (Å²) >= 11 is 11.8. The molecule has 1 amide bonds. The van der Waals surface area contributed by atoms with Crippen LogP contribution in [0.5, 0.6) is 5.75 Å². The van der Waals surface area contributed by atoms with E-state index >= 15 is 0 Å². The number of alkyl halides is 2. The highest BCUT2D eigenvalue weighted by molar-refractivity contribution is 6.53. The van der Waals surface area contributed by atoms with Crippen LogP contribution < -0.4 is 10.1 Å². The Morgan fingerprint density at radius 3 is 2.55 bits per heavy atom. The largest absolute Gasteiger partial charge is 0.495 e. The first-order valence-electron chi connectivity index (χ1n) is 6.69. The molecule has 0 heterocycles. The van der Waals surface area contributed by atoms with Crippen LogP contribution in [0, 0.1) is 12.3 Å². The van der Waals surface area contributed by atoms with Gasteiger partial charge in [0, 0.05) is 6.42 Å². The number of amides is 1. The number of nitrogens with one attached hydrogen (secondary N) is 1. The molecule has 1 atom stereocenters. The van der Waals surface area contributed by atoms with Crippen molar-refractivity contribution in [3.63, 3.8) is 0 Å². The summed E-state index contributed by atoms with van der Waals surface area (Å²) in [6, 6.07) is 5.38. The molecule has 0 spiro atoms. The number of carbonyl (C=O) groups excluding carboxylic acids is 2. The Hall–Kier alpha value is -1.46. The summed E-state index contributed by atoms with van der Waals surface area (Å²) in [5, 5.41) is 2.64. The summed E-state index contributed by atoms with van der Waals surface area (Å²) in [7, 11) is 1.51. The van der Waals surface area contributed by atoms with Gasteiger partial charge >= 0.3 is 5.97 Å². The molecule has 22 heavy (non-hydrogen) atoms. The van der Waals surface area contributed by atoms with Gasteiger partial charge in [-0.1, -0.05) is 6.07 Å². The number of esters is 1. The lowest BCUT2D eigenvalue weighted by Crippen LogP contribution is -2.26. The summed E-state index contributed by atoms with van der Waals surface area (Å²) in [5.74, 6) is -0.514. The van der Waals surface area contributed by atoms with E-state index in [0.29, 0.717) is 17.9 Å². The average molecular weight is 346 g/mol. The molecular weight excluding hydrogens is 329 g/mol. The van der Waals surface area contributed by atoms with Gasteiger partial charge in [0.2, 0.25) is 0 Å². The van der Waals surface area contributed by atoms with Crippen LogP contribution in [0.4, 0.5) is 5.69 Å². The molecule has 1 saturated carbocycles. The fourth-order valence-electron chi connectivity index (χ4n) is 2.02. The zero-order chi connectivity index (χ0) is 16.5. The van der Waals surface area contributed by atoms with E-state index in [1.165, 1.54) is 7.11 Å². The third kappa shape index (κ3) is 3.31. The molecule has 1 N–H and O–H groups in total. The molecule has 0 unspecified atom stereocenters. The topological polar surface area (TPSA) is 64.6 Å². The van der Waals surface area contributed by atoms with E-state index in [4.69, 9.17) is 32.7 Å². The highest BCUT2D eigenvalue weighted by Gasteiger charge is 2.69. The number of benzene rings is 1. The van der Waals surface area contributed by atoms with Crippen LogP contribution >= 0.6 is 23.2 Å². The fourth-order valence-corrected chi connectivity index (χ4v) is 2.71. The number of anilines is 1. The Kier molecular flexibility index (Phi) is 4.59. The van der Waals surface area contributed by atoms with E-state index in [0.717, 1.165) is 5.56 Å². The molecule has 0 bridgehead atoms. The Balaban J connectivity index is 1.92. The lowest BCUT2D eigenvalue weighted by molar-refractivity contribution is -0.152. The molecule has 0 radical (unpaired) electrons. The second-order valence-corrected chi connectivity index (χ2v) is 7.03. The molecule has 1 aliphatic carbocycles. The molecule has 120 valence electrons. The number of aryl methyl sites for hydroxylation is 1. The molecule has 0 saturated heterocycles. The van der Waals surface area contributed by atoms with Gasteiger partial charge in [0.1, 0.15) is 15.5 Å². The van der Waals surface area contributed by atoms with Crippen molar-refractivity contribution in [3.8, 4) is 5.75 Å². The van der Waals surface area contributed by atoms with E-state index in [-0.39, 0.29) is 0 Å². The fraction of sp³-hybridized carbons (Fsp3) is 0.467. The van der Waals surface area contributed by atoms with Crippen LogP contribution in [0.1, 0.15) is 18.9 Å². The Bertz CT molecular complexity index is 618. The van der Waals surface area contributed by atoms with Crippen molar-refractivity contribution < 1.29 is 19.1 Å². The first kappa shape index (κ1) is 16.9. The molecule has 1 aromatic rings. The van der Waals surface area contributed by atoms with Gasteiger partial charge in [0.25, 0.3) is 5.91 Å². The maximum absolute atomic E-state index is 11.9. The van der Waals surface area contributed by atoms with Gasteiger partial charge in [0.05, 0.1) is 12.8 Å². The van der Waals surface area contributed by atoms with Crippen molar-refractivity contribution in [1.29, 1.82) is 0 Å². The maximum Gasteiger partial charge on any atom is 0.315 e. The van der Waals surface area contributed by atoms with E-state index < -0.39 is 28.2 Å². The van der Waals surface area contributed by atoms with E-state index in [2.05, 4.69) is 5.32 Å². The summed E-state index contributed by atoms with van der Waals surface area (Å²) in [6.07, 6.45) is 0.315. The number of halogens is 2. The summed E-state index contributed by atoms with van der Waals surface area (Å²) < 4.78 is 9.03. The maximum atomic E-state index is 11.9. The third-order valence-corrected chi connectivity index (χ3v) is 4.77. The first-order valence-corrected chi connectivity index (χ1v) is 7.45. The molecule has 1 aliphatic rings. The van der Waals surface area contributed by atoms with E-state index in [9.17, 15) is 9.59 Å². The molecule has 1 fully saturated rings. The second-order valence-electron chi connectivity index (χ2n) is 5.54. The van der Waals surface area contributed by atoms with Gasteiger partial charge in [-0.15, -0.1) is 23.2 Å². The van der Waals surface area contributed by atoms with E-state index in [1.54, 1.807) is 19.1 Å². The minimum Gasteiger partial charge on any atom is -0.495 e. The minimum absolute atomic E-state index is 0.315. The number of ether oxygens (including phenoxy) is 2. The normalized spacial score (nSPS) is 21.9. The van der Waals surface area contributed by atoms with Gasteiger partial charge in [-0.25, -0.2) is 0 Å². The minimum atomic E-state index is -1.11. The van der Waals surface area contributed by atoms with Crippen molar-refractivity contribution in [2.45, 2.75) is 24.6 Å². The smallest absolute Gasteiger partial charge is 0.315 e. The first-order chi connectivity index (χ1) is 10.2. The van der Waals surface area contributed by atoms with Crippen LogP contribution in [0.15, 0.2) is 18.2 Å². The van der Waals surface area contributed by atoms with Gasteiger partial charge in [-0.05, 0) is 31.5 Å². The van der Waals surface area contributed by atoms with Crippen molar-refractivity contribution in [2.75, 3.05) is 19.0 Å². The van der Waals surface area contributed by atoms with Gasteiger partial charge in [-0.2, -0.15) is 0 Å². The van der Waals surface area contributed by atoms with Gasteiger partial charge in [-0.3, -0.25) is 9.59 Å².